The van der Waals surface area contributed by atoms with Crippen LogP contribution < -0.4 is 10.6 Å². The lowest BCUT2D eigenvalue weighted by Crippen LogP contribution is -2.32. The highest BCUT2D eigenvalue weighted by Crippen LogP contribution is 2.35. The van der Waals surface area contributed by atoms with Gasteiger partial charge >= 0.3 is 0 Å². The molecule has 1 aliphatic heterocycles. The van der Waals surface area contributed by atoms with Gasteiger partial charge in [0, 0.05) is 32.7 Å². The Morgan fingerprint density at radius 2 is 1.33 bits per heavy atom. The van der Waals surface area contributed by atoms with E-state index in [4.69, 9.17) is 5.73 Å². The van der Waals surface area contributed by atoms with Crippen LogP contribution in [0.1, 0.15) is 16.7 Å². The van der Waals surface area contributed by atoms with Crippen LogP contribution in [0.25, 0.3) is 32.3 Å². The minimum atomic E-state index is 0.841. The van der Waals surface area contributed by atoms with Crippen molar-refractivity contribution in [3.05, 3.63) is 132 Å². The van der Waals surface area contributed by atoms with Crippen LogP contribution in [0.3, 0.4) is 0 Å². The van der Waals surface area contributed by atoms with E-state index in [2.05, 4.69) is 119 Å². The largest absolute Gasteiger partial charge is 0.397 e. The van der Waals surface area contributed by atoms with Gasteiger partial charge in [0.05, 0.1) is 11.4 Å². The number of nitrogens with two attached hydrogens (primary N) is 1. The molecule has 192 valence electrons. The molecule has 0 unspecified atom stereocenters. The van der Waals surface area contributed by atoms with Crippen LogP contribution in [-0.4, -0.2) is 24.5 Å². The number of nitrogen functional groups attached to an aromatic ring is 1. The molecule has 3 nitrogen and oxygen atoms in total. The highest BCUT2D eigenvalue weighted by molar-refractivity contribution is 6.17. The number of benzene rings is 6. The summed E-state index contributed by atoms with van der Waals surface area (Å²) >= 11 is 0. The van der Waals surface area contributed by atoms with Gasteiger partial charge in [-0.05, 0) is 67.6 Å². The molecule has 0 saturated carbocycles. The smallest absolute Gasteiger partial charge is 0.0649 e. The SMILES string of the molecule is Nc1cccc2c1N(Cc1ccc3ccc4c5ccccc5ccc4c3c1)CCN(CCc1ccccc1)C2. The summed E-state index contributed by atoms with van der Waals surface area (Å²) in [6, 6.07) is 41.9. The number of fused-ring (bicyclic) bond motifs is 6. The number of para-hydroxylation sites is 1. The first-order chi connectivity index (χ1) is 19.2. The summed E-state index contributed by atoms with van der Waals surface area (Å²) in [5, 5.41) is 7.83. The quantitative estimate of drug-likeness (QED) is 0.191. The molecule has 6 aromatic rings. The van der Waals surface area contributed by atoms with E-state index in [1.165, 1.54) is 54.7 Å². The van der Waals surface area contributed by atoms with Crippen molar-refractivity contribution in [2.45, 2.75) is 19.5 Å². The number of hydrogen-bond donors (Lipinski definition) is 1. The second-order valence-corrected chi connectivity index (χ2v) is 10.8. The van der Waals surface area contributed by atoms with E-state index in [1.54, 1.807) is 0 Å². The minimum absolute atomic E-state index is 0.841. The predicted molar refractivity (Wildman–Crippen MR) is 166 cm³/mol. The third kappa shape index (κ3) is 4.60. The van der Waals surface area contributed by atoms with Crippen LogP contribution >= 0.6 is 0 Å². The lowest BCUT2D eigenvalue weighted by Gasteiger charge is -2.26. The van der Waals surface area contributed by atoms with Crippen LogP contribution in [0.2, 0.25) is 0 Å². The van der Waals surface area contributed by atoms with Crippen LogP contribution in [0.4, 0.5) is 11.4 Å². The molecule has 0 amide bonds. The van der Waals surface area contributed by atoms with Gasteiger partial charge in [-0.2, -0.15) is 0 Å². The summed E-state index contributed by atoms with van der Waals surface area (Å²) in [5.41, 5.74) is 12.7. The molecule has 0 aliphatic carbocycles. The Kier molecular flexibility index (Phi) is 6.14. The van der Waals surface area contributed by atoms with E-state index in [1.807, 2.05) is 6.07 Å². The second-order valence-electron chi connectivity index (χ2n) is 10.8. The Labute approximate surface area is 230 Å². The Hall–Kier alpha value is -4.34. The first-order valence-electron chi connectivity index (χ1n) is 13.9. The van der Waals surface area contributed by atoms with E-state index in [-0.39, 0.29) is 0 Å². The molecule has 3 heteroatoms. The Balaban J connectivity index is 1.21. The fourth-order valence-electron chi connectivity index (χ4n) is 6.28. The zero-order chi connectivity index (χ0) is 26.2. The molecule has 0 aromatic heterocycles. The van der Waals surface area contributed by atoms with Gasteiger partial charge in [-0.3, -0.25) is 4.90 Å². The molecule has 39 heavy (non-hydrogen) atoms. The minimum Gasteiger partial charge on any atom is -0.397 e. The van der Waals surface area contributed by atoms with Crippen molar-refractivity contribution in [2.75, 3.05) is 30.3 Å². The topological polar surface area (TPSA) is 32.5 Å². The Morgan fingerprint density at radius 1 is 0.590 bits per heavy atom. The third-order valence-electron chi connectivity index (χ3n) is 8.29. The molecule has 1 aliphatic rings. The van der Waals surface area contributed by atoms with Crippen molar-refractivity contribution in [2.24, 2.45) is 0 Å². The summed E-state index contributed by atoms with van der Waals surface area (Å²) in [5.74, 6) is 0. The van der Waals surface area contributed by atoms with E-state index in [0.717, 1.165) is 44.8 Å². The monoisotopic (exact) mass is 507 g/mol. The first kappa shape index (κ1) is 23.8. The Bertz CT molecular complexity index is 1790. The molecule has 0 bridgehead atoms. The molecule has 6 aromatic carbocycles. The van der Waals surface area contributed by atoms with Gasteiger partial charge in [0.1, 0.15) is 0 Å². The van der Waals surface area contributed by atoms with Crippen LogP contribution in [0.15, 0.2) is 115 Å². The second kappa shape index (κ2) is 10.1. The molecular weight excluding hydrogens is 474 g/mol. The average molecular weight is 508 g/mol. The number of rotatable bonds is 5. The molecule has 0 radical (unpaired) electrons. The van der Waals surface area contributed by atoms with Gasteiger partial charge in [-0.25, -0.2) is 0 Å². The third-order valence-corrected chi connectivity index (χ3v) is 8.29. The van der Waals surface area contributed by atoms with Gasteiger partial charge in [-0.15, -0.1) is 0 Å². The van der Waals surface area contributed by atoms with Crippen molar-refractivity contribution in [1.82, 2.24) is 4.90 Å². The van der Waals surface area contributed by atoms with Gasteiger partial charge in [0.25, 0.3) is 0 Å². The van der Waals surface area contributed by atoms with Crippen LogP contribution in [0, 0.1) is 0 Å². The van der Waals surface area contributed by atoms with Crippen LogP contribution in [0.5, 0.6) is 0 Å². The lowest BCUT2D eigenvalue weighted by atomic mass is 9.96. The molecule has 0 atom stereocenters. The van der Waals surface area contributed by atoms with Gasteiger partial charge < -0.3 is 10.6 Å². The average Bonchev–Trinajstić information content (AvgIpc) is 3.16. The van der Waals surface area contributed by atoms with Gasteiger partial charge in [0.2, 0.25) is 0 Å². The molecule has 0 spiro atoms. The normalized spacial score (nSPS) is 14.1. The maximum atomic E-state index is 6.62. The maximum Gasteiger partial charge on any atom is 0.0649 e. The predicted octanol–water partition coefficient (Wildman–Crippen LogP) is 7.79. The number of hydrogen-bond acceptors (Lipinski definition) is 3. The van der Waals surface area contributed by atoms with Crippen molar-refractivity contribution >= 4 is 43.7 Å². The van der Waals surface area contributed by atoms with Crippen molar-refractivity contribution in [3.63, 3.8) is 0 Å². The van der Waals surface area contributed by atoms with E-state index < -0.39 is 0 Å². The molecule has 7 rings (SSSR count). The number of nitrogens with zero attached hydrogens (tertiary/aromatic N) is 2. The van der Waals surface area contributed by atoms with Crippen molar-refractivity contribution < 1.29 is 0 Å². The maximum absolute atomic E-state index is 6.62. The zero-order valence-corrected chi connectivity index (χ0v) is 22.2. The highest BCUT2D eigenvalue weighted by Gasteiger charge is 2.22. The van der Waals surface area contributed by atoms with Gasteiger partial charge in [0.15, 0.2) is 0 Å². The number of anilines is 2. The molecular formula is C36H33N3. The summed E-state index contributed by atoms with van der Waals surface area (Å²) in [4.78, 5) is 5.07. The summed E-state index contributed by atoms with van der Waals surface area (Å²) in [6.45, 7) is 4.78. The lowest BCUT2D eigenvalue weighted by molar-refractivity contribution is 0.280. The molecule has 2 N–H and O–H groups in total. The van der Waals surface area contributed by atoms with Crippen LogP contribution in [-0.2, 0) is 19.5 Å². The van der Waals surface area contributed by atoms with Gasteiger partial charge in [-0.1, -0.05) is 103 Å². The standard InChI is InChI=1S/C36H33N3/c37-35-12-6-10-30-25-38(20-19-26-7-2-1-3-8-26)21-22-39(36(30)35)24-27-13-14-29-16-17-32-31-11-5-4-9-28(31)15-18-33(32)34(29)23-27/h1-18,23H,19-22,24-25,37H2. The first-order valence-corrected chi connectivity index (χ1v) is 13.9. The Morgan fingerprint density at radius 3 is 2.21 bits per heavy atom. The van der Waals surface area contributed by atoms with E-state index in [0.29, 0.717) is 0 Å². The zero-order valence-electron chi connectivity index (χ0n) is 22.2. The van der Waals surface area contributed by atoms with Crippen molar-refractivity contribution in [3.8, 4) is 0 Å². The molecule has 0 fully saturated rings. The fraction of sp³-hybridized carbons (Fsp3) is 0.167. The van der Waals surface area contributed by atoms with Crippen molar-refractivity contribution in [1.29, 1.82) is 0 Å². The summed E-state index contributed by atoms with van der Waals surface area (Å²) in [6.07, 6.45) is 1.06. The molecule has 1 heterocycles. The molecule has 0 saturated heterocycles. The summed E-state index contributed by atoms with van der Waals surface area (Å²) in [7, 11) is 0. The van der Waals surface area contributed by atoms with E-state index in [9.17, 15) is 0 Å². The summed E-state index contributed by atoms with van der Waals surface area (Å²) < 4.78 is 0. The van der Waals surface area contributed by atoms with E-state index >= 15 is 0 Å². The highest BCUT2D eigenvalue weighted by atomic mass is 15.2. The fourth-order valence-corrected chi connectivity index (χ4v) is 6.28.